The molecular weight excluding hydrogens is 249 g/mol. The fourth-order valence-electron chi connectivity index (χ4n) is 1.00. The van der Waals surface area contributed by atoms with Crippen molar-refractivity contribution < 1.29 is 19.1 Å². The molecule has 17 heavy (non-hydrogen) atoms. The summed E-state index contributed by atoms with van der Waals surface area (Å²) in [6.07, 6.45) is 0.404. The van der Waals surface area contributed by atoms with E-state index < -0.39 is 25.7 Å². The van der Waals surface area contributed by atoms with Crippen LogP contribution in [0.25, 0.3) is 0 Å². The quantitative estimate of drug-likeness (QED) is 0.520. The van der Waals surface area contributed by atoms with Crippen molar-refractivity contribution in [3.05, 3.63) is 22.7 Å². The van der Waals surface area contributed by atoms with Crippen LogP contribution in [0.5, 0.6) is 0 Å². The van der Waals surface area contributed by atoms with Gasteiger partial charge in [0.25, 0.3) is 0 Å². The number of nitrogens with zero attached hydrogens (tertiary/aromatic N) is 1. The van der Waals surface area contributed by atoms with Crippen molar-refractivity contribution in [2.45, 2.75) is 13.0 Å². The fraction of sp³-hybridized carbons (Fsp3) is 0.500. The Morgan fingerprint density at radius 3 is 2.94 bits per heavy atom. The molecule has 1 rings (SSSR count). The van der Waals surface area contributed by atoms with E-state index in [1.807, 2.05) is 0 Å². The molecule has 0 saturated carbocycles. The Morgan fingerprint density at radius 1 is 1.65 bits per heavy atom. The van der Waals surface area contributed by atoms with Crippen LogP contribution in [0, 0.1) is 0 Å². The van der Waals surface area contributed by atoms with Crippen molar-refractivity contribution in [1.29, 1.82) is 0 Å². The van der Waals surface area contributed by atoms with Gasteiger partial charge in [0.1, 0.15) is 12.2 Å². The molecule has 1 aromatic rings. The molecule has 0 unspecified atom stereocenters. The smallest absolute Gasteiger partial charge is 0.350 e. The zero-order valence-corrected chi connectivity index (χ0v) is 10.1. The Hall–Kier alpha value is -1.21. The molecule has 0 aliphatic carbocycles. The number of ether oxygens (including phenoxy) is 1. The van der Waals surface area contributed by atoms with E-state index in [0.29, 0.717) is 5.82 Å². The van der Waals surface area contributed by atoms with Crippen LogP contribution in [-0.2, 0) is 9.30 Å². The predicted octanol–water partition coefficient (Wildman–Crippen LogP) is -0.278. The minimum atomic E-state index is -4.14. The van der Waals surface area contributed by atoms with Crippen LogP contribution in [0.15, 0.2) is 17.1 Å². The predicted molar refractivity (Wildman–Crippen MR) is 60.8 cm³/mol. The number of aromatic nitrogens is 2. The molecule has 1 heterocycles. The molecule has 8 nitrogen and oxygen atoms in total. The average molecular weight is 263 g/mol. The normalized spacial score (nSPS) is 13.4. The maximum absolute atomic E-state index is 10.9. The molecule has 0 bridgehead atoms. The third-order valence-electron chi connectivity index (χ3n) is 1.77. The number of H-pyrrole nitrogens is 1. The summed E-state index contributed by atoms with van der Waals surface area (Å²) in [5, 5.41) is 2.81. The molecule has 0 aliphatic heterocycles. The second-order valence-corrected chi connectivity index (χ2v) is 5.02. The van der Waals surface area contributed by atoms with Gasteiger partial charge in [-0.2, -0.15) is 4.98 Å². The van der Waals surface area contributed by atoms with Crippen LogP contribution in [0.1, 0.15) is 6.92 Å². The molecule has 0 aromatic carbocycles. The monoisotopic (exact) mass is 263 g/mol. The zero-order valence-electron chi connectivity index (χ0n) is 9.16. The van der Waals surface area contributed by atoms with Gasteiger partial charge in [-0.3, -0.25) is 4.57 Å². The lowest BCUT2D eigenvalue weighted by Crippen LogP contribution is -2.22. The van der Waals surface area contributed by atoms with Gasteiger partial charge < -0.3 is 24.8 Å². The summed E-state index contributed by atoms with van der Waals surface area (Å²) in [6, 6.07) is 1.57. The highest BCUT2D eigenvalue weighted by Gasteiger charge is 2.15. The molecule has 1 aromatic heterocycles. The Morgan fingerprint density at radius 2 is 2.35 bits per heavy atom. The maximum Gasteiger partial charge on any atom is 0.350 e. The molecule has 0 saturated heterocycles. The summed E-state index contributed by atoms with van der Waals surface area (Å²) in [6.45, 7) is 1.94. The lowest BCUT2D eigenvalue weighted by molar-refractivity contribution is 0.0973. The third-order valence-corrected chi connectivity index (χ3v) is 2.25. The van der Waals surface area contributed by atoms with Crippen molar-refractivity contribution in [2.24, 2.45) is 0 Å². The topological polar surface area (TPSA) is 125 Å². The minimum Gasteiger partial charge on any atom is -0.367 e. The van der Waals surface area contributed by atoms with Crippen molar-refractivity contribution in [3.8, 4) is 0 Å². The van der Waals surface area contributed by atoms with Crippen LogP contribution >= 0.6 is 7.60 Å². The first-order chi connectivity index (χ1) is 7.87. The zero-order chi connectivity index (χ0) is 12.9. The largest absolute Gasteiger partial charge is 0.367 e. The van der Waals surface area contributed by atoms with Crippen molar-refractivity contribution in [2.75, 3.05) is 18.2 Å². The second-order valence-electron chi connectivity index (χ2n) is 3.43. The average Bonchev–Trinajstić information content (AvgIpc) is 2.23. The summed E-state index contributed by atoms with van der Waals surface area (Å²) >= 11 is 0. The van der Waals surface area contributed by atoms with E-state index in [-0.39, 0.29) is 6.54 Å². The van der Waals surface area contributed by atoms with Gasteiger partial charge in [0.2, 0.25) is 0 Å². The standard InChI is InChI=1S/C8H14N3O5P/c1-6(16-5-17(13,14)15)4-10-7-2-3-9-8(12)11-7/h2-3,6H,4-5H2,1H3,(H2,13,14,15)(H2,9,10,11,12)/t6-/m1/s1. The van der Waals surface area contributed by atoms with Gasteiger partial charge in [-0.25, -0.2) is 4.79 Å². The summed E-state index contributed by atoms with van der Waals surface area (Å²) in [7, 11) is -4.14. The van der Waals surface area contributed by atoms with Crippen LogP contribution in [0.3, 0.4) is 0 Å². The van der Waals surface area contributed by atoms with Gasteiger partial charge in [-0.05, 0) is 13.0 Å². The molecule has 1 atom stereocenters. The number of rotatable bonds is 6. The molecule has 0 amide bonds. The SMILES string of the molecule is C[C@H](CNc1cc[nH]c(=O)n1)OCP(=O)(O)O. The fourth-order valence-corrected chi connectivity index (χ4v) is 1.45. The Balaban J connectivity index is 2.36. The van der Waals surface area contributed by atoms with E-state index in [1.165, 1.54) is 6.20 Å². The summed E-state index contributed by atoms with van der Waals surface area (Å²) in [4.78, 5) is 34.0. The molecule has 96 valence electrons. The first-order valence-corrected chi connectivity index (χ1v) is 6.62. The van der Waals surface area contributed by atoms with Gasteiger partial charge in [0.05, 0.1) is 6.10 Å². The number of nitrogens with one attached hydrogen (secondary N) is 2. The van der Waals surface area contributed by atoms with Gasteiger partial charge in [0, 0.05) is 12.7 Å². The number of hydrogen-bond donors (Lipinski definition) is 4. The van der Waals surface area contributed by atoms with Crippen LogP contribution < -0.4 is 11.0 Å². The highest BCUT2D eigenvalue weighted by atomic mass is 31.2. The van der Waals surface area contributed by atoms with E-state index in [9.17, 15) is 9.36 Å². The second kappa shape index (κ2) is 5.92. The van der Waals surface area contributed by atoms with Crippen LogP contribution in [0.4, 0.5) is 5.82 Å². The van der Waals surface area contributed by atoms with Crippen molar-refractivity contribution >= 4 is 13.4 Å². The van der Waals surface area contributed by atoms with Gasteiger partial charge >= 0.3 is 13.3 Å². The number of anilines is 1. The third kappa shape index (κ3) is 6.18. The molecule has 0 radical (unpaired) electrons. The van der Waals surface area contributed by atoms with E-state index in [2.05, 4.69) is 15.3 Å². The lowest BCUT2D eigenvalue weighted by Gasteiger charge is -2.14. The van der Waals surface area contributed by atoms with Gasteiger partial charge in [0.15, 0.2) is 0 Å². The summed E-state index contributed by atoms with van der Waals surface area (Å²) in [5.74, 6) is 0.375. The summed E-state index contributed by atoms with van der Waals surface area (Å²) in [5.41, 5.74) is -0.473. The number of hydrogen-bond acceptors (Lipinski definition) is 5. The molecular formula is C8H14N3O5P. The van der Waals surface area contributed by atoms with Gasteiger partial charge in [-0.1, -0.05) is 0 Å². The van der Waals surface area contributed by atoms with Crippen LogP contribution in [0.2, 0.25) is 0 Å². The van der Waals surface area contributed by atoms with Crippen molar-refractivity contribution in [3.63, 3.8) is 0 Å². The van der Waals surface area contributed by atoms with E-state index in [4.69, 9.17) is 14.5 Å². The van der Waals surface area contributed by atoms with E-state index in [1.54, 1.807) is 13.0 Å². The van der Waals surface area contributed by atoms with E-state index >= 15 is 0 Å². The maximum atomic E-state index is 10.9. The molecule has 0 fully saturated rings. The van der Waals surface area contributed by atoms with Crippen molar-refractivity contribution in [1.82, 2.24) is 9.97 Å². The van der Waals surface area contributed by atoms with Crippen LogP contribution in [-0.4, -0.2) is 38.8 Å². The molecule has 0 aliphatic rings. The summed E-state index contributed by atoms with van der Waals surface area (Å²) < 4.78 is 15.5. The molecule has 0 spiro atoms. The molecule has 4 N–H and O–H groups in total. The molecule has 9 heteroatoms. The first-order valence-electron chi connectivity index (χ1n) is 4.82. The lowest BCUT2D eigenvalue weighted by atomic mass is 10.4. The highest BCUT2D eigenvalue weighted by molar-refractivity contribution is 7.51. The van der Waals surface area contributed by atoms with Gasteiger partial charge in [-0.15, -0.1) is 0 Å². The first kappa shape index (κ1) is 13.9. The Kier molecular flexibility index (Phi) is 4.83. The Bertz CT molecular complexity index is 456. The number of aromatic amines is 1. The highest BCUT2D eigenvalue weighted by Crippen LogP contribution is 2.34. The van der Waals surface area contributed by atoms with E-state index in [0.717, 1.165) is 0 Å². The Labute approximate surface area is 97.2 Å². The minimum absolute atomic E-state index is 0.288.